The molecule has 0 bridgehead atoms. The maximum Gasteiger partial charge on any atom is 0.179 e. The molecule has 0 saturated heterocycles. The molecule has 0 aliphatic rings. The van der Waals surface area contributed by atoms with Gasteiger partial charge in [0.1, 0.15) is 10.7 Å². The molecule has 0 N–H and O–H groups in total. The Morgan fingerprint density at radius 2 is 2.31 bits per heavy atom. The van der Waals surface area contributed by atoms with Gasteiger partial charge in [0, 0.05) is 6.54 Å². The Kier molecular flexibility index (Phi) is 2.14. The molecule has 2 aromatic rings. The summed E-state index contributed by atoms with van der Waals surface area (Å²) in [5, 5.41) is 8.42. The van der Waals surface area contributed by atoms with Crippen LogP contribution in [-0.4, -0.2) is 20.0 Å². The first-order chi connectivity index (χ1) is 6.31. The minimum atomic E-state index is 0.479. The topological polar surface area (TPSA) is 43.6 Å². The highest BCUT2D eigenvalue weighted by molar-refractivity contribution is 6.29. The Hall–Kier alpha value is -1.16. The molecule has 0 aliphatic heterocycles. The molecule has 13 heavy (non-hydrogen) atoms. The summed E-state index contributed by atoms with van der Waals surface area (Å²) >= 11 is 5.77. The van der Waals surface area contributed by atoms with Crippen LogP contribution in [-0.2, 0) is 6.54 Å². The van der Waals surface area contributed by atoms with Gasteiger partial charge in [0.05, 0.1) is 0 Å². The molecule has 0 radical (unpaired) electrons. The summed E-state index contributed by atoms with van der Waals surface area (Å²) in [6.07, 6.45) is 1.01. The summed E-state index contributed by atoms with van der Waals surface area (Å²) in [6.45, 7) is 2.90. The minimum absolute atomic E-state index is 0.479. The summed E-state index contributed by atoms with van der Waals surface area (Å²) in [7, 11) is 0. The molecule has 0 spiro atoms. The lowest BCUT2D eigenvalue weighted by molar-refractivity contribution is 0.591. The van der Waals surface area contributed by atoms with Crippen LogP contribution in [0.15, 0.2) is 12.1 Å². The van der Waals surface area contributed by atoms with Crippen molar-refractivity contribution < 1.29 is 0 Å². The number of hydrogen-bond donors (Lipinski definition) is 0. The number of hydrogen-bond acceptors (Lipinski definition) is 3. The molecular weight excluding hydrogens is 188 g/mol. The van der Waals surface area contributed by atoms with Crippen molar-refractivity contribution in [2.45, 2.75) is 19.9 Å². The highest BCUT2D eigenvalue weighted by atomic mass is 35.5. The van der Waals surface area contributed by atoms with Gasteiger partial charge in [-0.15, -0.1) is 5.10 Å². The van der Waals surface area contributed by atoms with E-state index in [1.54, 1.807) is 10.7 Å². The third kappa shape index (κ3) is 1.49. The first kappa shape index (κ1) is 8.44. The zero-order chi connectivity index (χ0) is 9.26. The molecule has 5 heteroatoms. The van der Waals surface area contributed by atoms with Crippen LogP contribution in [0, 0.1) is 0 Å². The summed E-state index contributed by atoms with van der Waals surface area (Å²) in [5.41, 5.74) is 1.55. The third-order valence-corrected chi connectivity index (χ3v) is 1.97. The van der Waals surface area contributed by atoms with E-state index in [0.29, 0.717) is 5.15 Å². The van der Waals surface area contributed by atoms with Crippen LogP contribution in [0.2, 0.25) is 5.15 Å². The van der Waals surface area contributed by atoms with Gasteiger partial charge in [-0.25, -0.2) is 9.67 Å². The number of aryl methyl sites for hydroxylation is 1. The lowest BCUT2D eigenvalue weighted by atomic mass is 10.4. The largest absolute Gasteiger partial charge is 0.227 e. The molecule has 68 valence electrons. The van der Waals surface area contributed by atoms with E-state index in [-0.39, 0.29) is 0 Å². The first-order valence-electron chi connectivity index (χ1n) is 4.17. The Morgan fingerprint density at radius 1 is 1.46 bits per heavy atom. The second-order valence-electron chi connectivity index (χ2n) is 2.79. The SMILES string of the molecule is CCCn1nnc2ccc(Cl)nc21. The number of nitrogens with zero attached hydrogens (tertiary/aromatic N) is 4. The van der Waals surface area contributed by atoms with Gasteiger partial charge in [-0.1, -0.05) is 23.7 Å². The van der Waals surface area contributed by atoms with Crippen LogP contribution >= 0.6 is 11.6 Å². The van der Waals surface area contributed by atoms with Crippen molar-refractivity contribution in [3.63, 3.8) is 0 Å². The van der Waals surface area contributed by atoms with Crippen molar-refractivity contribution in [1.29, 1.82) is 0 Å². The predicted molar refractivity (Wildman–Crippen MR) is 50.6 cm³/mol. The monoisotopic (exact) mass is 196 g/mol. The van der Waals surface area contributed by atoms with E-state index < -0.39 is 0 Å². The molecule has 0 aromatic carbocycles. The van der Waals surface area contributed by atoms with Crippen molar-refractivity contribution >= 4 is 22.8 Å². The van der Waals surface area contributed by atoms with Crippen LogP contribution in [0.1, 0.15) is 13.3 Å². The lowest BCUT2D eigenvalue weighted by Crippen LogP contribution is -1.99. The van der Waals surface area contributed by atoms with Crippen molar-refractivity contribution in [3.8, 4) is 0 Å². The molecule has 4 nitrogen and oxygen atoms in total. The van der Waals surface area contributed by atoms with E-state index in [0.717, 1.165) is 24.1 Å². The van der Waals surface area contributed by atoms with Crippen LogP contribution in [0.4, 0.5) is 0 Å². The van der Waals surface area contributed by atoms with E-state index >= 15 is 0 Å². The normalized spacial score (nSPS) is 10.9. The van der Waals surface area contributed by atoms with Crippen LogP contribution < -0.4 is 0 Å². The van der Waals surface area contributed by atoms with E-state index in [4.69, 9.17) is 11.6 Å². The number of rotatable bonds is 2. The van der Waals surface area contributed by atoms with Gasteiger partial charge >= 0.3 is 0 Å². The maximum atomic E-state index is 5.77. The number of pyridine rings is 1. The Morgan fingerprint density at radius 3 is 3.08 bits per heavy atom. The Labute approximate surface area is 80.5 Å². The predicted octanol–water partition coefficient (Wildman–Crippen LogP) is 1.89. The molecule has 0 amide bonds. The first-order valence-corrected chi connectivity index (χ1v) is 4.55. The number of aromatic nitrogens is 4. The zero-order valence-corrected chi connectivity index (χ0v) is 7.99. The summed E-state index contributed by atoms with van der Waals surface area (Å²) in [4.78, 5) is 4.16. The van der Waals surface area contributed by atoms with Gasteiger partial charge < -0.3 is 0 Å². The van der Waals surface area contributed by atoms with E-state index in [1.165, 1.54) is 0 Å². The second-order valence-corrected chi connectivity index (χ2v) is 3.18. The zero-order valence-electron chi connectivity index (χ0n) is 7.24. The molecule has 2 aromatic heterocycles. The van der Waals surface area contributed by atoms with Crippen LogP contribution in [0.5, 0.6) is 0 Å². The average Bonchev–Trinajstić information content (AvgIpc) is 2.49. The van der Waals surface area contributed by atoms with E-state index in [1.807, 2.05) is 6.07 Å². The smallest absolute Gasteiger partial charge is 0.179 e. The van der Waals surface area contributed by atoms with E-state index in [2.05, 4.69) is 22.2 Å². The standard InChI is InChI=1S/C8H9ClN4/c1-2-5-13-8-6(11-12-13)3-4-7(9)10-8/h3-4H,2,5H2,1H3. The summed E-state index contributed by atoms with van der Waals surface area (Å²) in [6, 6.07) is 3.54. The molecular formula is C8H9ClN4. The fourth-order valence-corrected chi connectivity index (χ4v) is 1.34. The highest BCUT2D eigenvalue weighted by Gasteiger charge is 2.04. The summed E-state index contributed by atoms with van der Waals surface area (Å²) in [5.74, 6) is 0. The third-order valence-electron chi connectivity index (χ3n) is 1.76. The van der Waals surface area contributed by atoms with Gasteiger partial charge in [0.2, 0.25) is 0 Å². The maximum absolute atomic E-state index is 5.77. The molecule has 0 atom stereocenters. The fraction of sp³-hybridized carbons (Fsp3) is 0.375. The quantitative estimate of drug-likeness (QED) is 0.689. The van der Waals surface area contributed by atoms with Crippen LogP contribution in [0.3, 0.4) is 0 Å². The lowest BCUT2D eigenvalue weighted by Gasteiger charge is -1.96. The number of fused-ring (bicyclic) bond motifs is 1. The van der Waals surface area contributed by atoms with Crippen molar-refractivity contribution in [2.75, 3.05) is 0 Å². The van der Waals surface area contributed by atoms with Crippen molar-refractivity contribution in [2.24, 2.45) is 0 Å². The highest BCUT2D eigenvalue weighted by Crippen LogP contribution is 2.12. The van der Waals surface area contributed by atoms with Gasteiger partial charge in [-0.3, -0.25) is 0 Å². The number of halogens is 1. The van der Waals surface area contributed by atoms with Gasteiger partial charge in [-0.2, -0.15) is 0 Å². The van der Waals surface area contributed by atoms with Gasteiger partial charge in [-0.05, 0) is 18.6 Å². The Balaban J connectivity index is 2.58. The van der Waals surface area contributed by atoms with E-state index in [9.17, 15) is 0 Å². The molecule has 2 heterocycles. The average molecular weight is 197 g/mol. The van der Waals surface area contributed by atoms with Gasteiger partial charge in [0.15, 0.2) is 5.65 Å². The molecule has 0 fully saturated rings. The van der Waals surface area contributed by atoms with Crippen molar-refractivity contribution in [3.05, 3.63) is 17.3 Å². The second kappa shape index (κ2) is 3.30. The molecule has 0 saturated carbocycles. The minimum Gasteiger partial charge on any atom is -0.227 e. The van der Waals surface area contributed by atoms with Crippen LogP contribution in [0.25, 0.3) is 11.2 Å². The molecule has 0 aliphatic carbocycles. The molecule has 0 unspecified atom stereocenters. The van der Waals surface area contributed by atoms with Gasteiger partial charge in [0.25, 0.3) is 0 Å². The fourth-order valence-electron chi connectivity index (χ4n) is 1.19. The van der Waals surface area contributed by atoms with Crippen molar-refractivity contribution in [1.82, 2.24) is 20.0 Å². The summed E-state index contributed by atoms with van der Waals surface area (Å²) < 4.78 is 1.77. The molecule has 2 rings (SSSR count). The Bertz CT molecular complexity index is 423.